The molecule has 22 heavy (non-hydrogen) atoms. The molecule has 0 heterocycles. The Balaban J connectivity index is 2.68. The Morgan fingerprint density at radius 2 is 1.86 bits per heavy atom. The van der Waals surface area contributed by atoms with Crippen LogP contribution < -0.4 is 15.4 Å². The molecule has 1 rings (SSSR count). The van der Waals surface area contributed by atoms with E-state index in [0.29, 0.717) is 17.9 Å². The van der Waals surface area contributed by atoms with Crippen molar-refractivity contribution in [2.75, 3.05) is 25.7 Å². The number of ether oxygens (including phenoxy) is 1. The fourth-order valence-electron chi connectivity index (χ4n) is 1.89. The van der Waals surface area contributed by atoms with Crippen LogP contribution in [0, 0.1) is 5.92 Å². The Labute approximate surface area is 136 Å². The fraction of sp³-hybridized carbons (Fsp3) is 0.500. The summed E-state index contributed by atoms with van der Waals surface area (Å²) < 4.78 is 5.06. The zero-order valence-electron chi connectivity index (χ0n) is 13.5. The molecule has 2 N–H and O–H groups in total. The Bertz CT molecular complexity index is 489. The molecule has 0 aromatic heterocycles. The molecular weight excluding hydrogens is 300 g/mol. The predicted molar refractivity (Wildman–Crippen MR) is 90.5 cm³/mol. The number of carbonyl (C=O) groups is 2. The zero-order valence-corrected chi connectivity index (χ0v) is 14.3. The number of amides is 2. The largest absolute Gasteiger partial charge is 0.497 e. The van der Waals surface area contributed by atoms with E-state index in [2.05, 4.69) is 10.6 Å². The normalized spacial score (nSPS) is 11.9. The van der Waals surface area contributed by atoms with Crippen LogP contribution in [0.15, 0.2) is 24.3 Å². The lowest BCUT2D eigenvalue weighted by atomic mass is 10.0. The van der Waals surface area contributed by atoms with Crippen molar-refractivity contribution in [2.45, 2.75) is 19.9 Å². The number of thioether (sulfide) groups is 1. The number of hydrogen-bond acceptors (Lipinski definition) is 4. The minimum absolute atomic E-state index is 0.0106. The molecule has 0 radical (unpaired) electrons. The number of hydrogen-bond donors (Lipinski definition) is 2. The van der Waals surface area contributed by atoms with Gasteiger partial charge in [0.25, 0.3) is 5.91 Å². The average molecular weight is 324 g/mol. The van der Waals surface area contributed by atoms with Crippen LogP contribution in [0.3, 0.4) is 0 Å². The highest BCUT2D eigenvalue weighted by Gasteiger charge is 2.24. The molecule has 0 fully saturated rings. The maximum absolute atomic E-state index is 12.3. The summed E-state index contributed by atoms with van der Waals surface area (Å²) >= 11 is 1.66. The van der Waals surface area contributed by atoms with Crippen molar-refractivity contribution in [3.8, 4) is 5.75 Å². The maximum Gasteiger partial charge on any atom is 0.251 e. The molecule has 1 unspecified atom stereocenters. The van der Waals surface area contributed by atoms with Crippen LogP contribution in [0.5, 0.6) is 5.75 Å². The zero-order chi connectivity index (χ0) is 16.5. The highest BCUT2D eigenvalue weighted by molar-refractivity contribution is 7.98. The van der Waals surface area contributed by atoms with Crippen molar-refractivity contribution in [2.24, 2.45) is 5.92 Å². The van der Waals surface area contributed by atoms with E-state index in [1.807, 2.05) is 20.1 Å². The van der Waals surface area contributed by atoms with Crippen molar-refractivity contribution in [3.63, 3.8) is 0 Å². The molecule has 5 nitrogen and oxygen atoms in total. The second-order valence-electron chi connectivity index (χ2n) is 5.21. The Hall–Kier alpha value is -1.69. The van der Waals surface area contributed by atoms with E-state index in [0.717, 1.165) is 5.75 Å². The summed E-state index contributed by atoms with van der Waals surface area (Å²) in [7, 11) is 1.57. The van der Waals surface area contributed by atoms with E-state index < -0.39 is 6.04 Å². The van der Waals surface area contributed by atoms with Crippen LogP contribution >= 0.6 is 11.8 Å². The molecule has 0 aliphatic heterocycles. The highest BCUT2D eigenvalue weighted by atomic mass is 32.2. The molecule has 2 amide bonds. The molecule has 0 aliphatic rings. The van der Waals surface area contributed by atoms with Gasteiger partial charge in [0.05, 0.1) is 7.11 Å². The predicted octanol–water partition coefficient (Wildman–Crippen LogP) is 1.93. The standard InChI is InChI=1S/C16H24N2O3S/c1-11(2)14(16(20)17-9-10-22-4)18-15(19)12-5-7-13(21-3)8-6-12/h5-8,11,14H,9-10H2,1-4H3,(H,17,20)(H,18,19). The Kier molecular flexibility index (Phi) is 7.80. The first-order valence-electron chi connectivity index (χ1n) is 7.21. The summed E-state index contributed by atoms with van der Waals surface area (Å²) in [5.74, 6) is 1.14. The summed E-state index contributed by atoms with van der Waals surface area (Å²) in [4.78, 5) is 24.4. The van der Waals surface area contributed by atoms with Crippen LogP contribution in [0.25, 0.3) is 0 Å². The molecule has 1 aromatic carbocycles. The van der Waals surface area contributed by atoms with Gasteiger partial charge in [-0.3, -0.25) is 9.59 Å². The van der Waals surface area contributed by atoms with Crippen LogP contribution in [0.2, 0.25) is 0 Å². The third kappa shape index (κ3) is 5.60. The number of nitrogens with one attached hydrogen (secondary N) is 2. The molecule has 1 aromatic rings. The molecule has 6 heteroatoms. The van der Waals surface area contributed by atoms with Crippen molar-refractivity contribution in [1.29, 1.82) is 0 Å². The van der Waals surface area contributed by atoms with Gasteiger partial charge in [0, 0.05) is 17.9 Å². The third-order valence-corrected chi connectivity index (χ3v) is 3.81. The Morgan fingerprint density at radius 1 is 1.23 bits per heavy atom. The minimum atomic E-state index is -0.545. The summed E-state index contributed by atoms with van der Waals surface area (Å²) in [6.45, 7) is 4.42. The maximum atomic E-state index is 12.3. The van der Waals surface area contributed by atoms with Gasteiger partial charge in [0.1, 0.15) is 11.8 Å². The van der Waals surface area contributed by atoms with Gasteiger partial charge >= 0.3 is 0 Å². The van der Waals surface area contributed by atoms with E-state index in [1.54, 1.807) is 43.1 Å². The van der Waals surface area contributed by atoms with Crippen molar-refractivity contribution in [3.05, 3.63) is 29.8 Å². The van der Waals surface area contributed by atoms with Crippen molar-refractivity contribution in [1.82, 2.24) is 10.6 Å². The van der Waals surface area contributed by atoms with Gasteiger partial charge in [-0.1, -0.05) is 13.8 Å². The monoisotopic (exact) mass is 324 g/mol. The quantitative estimate of drug-likeness (QED) is 0.717. The first-order valence-corrected chi connectivity index (χ1v) is 8.60. The summed E-state index contributed by atoms with van der Waals surface area (Å²) in [5.41, 5.74) is 0.503. The lowest BCUT2D eigenvalue weighted by Crippen LogP contribution is -2.50. The molecule has 0 spiro atoms. The number of benzene rings is 1. The molecule has 122 valence electrons. The third-order valence-electron chi connectivity index (χ3n) is 3.19. The van der Waals surface area contributed by atoms with Gasteiger partial charge in [-0.05, 0) is 36.4 Å². The lowest BCUT2D eigenvalue weighted by Gasteiger charge is -2.21. The number of methoxy groups -OCH3 is 1. The highest BCUT2D eigenvalue weighted by Crippen LogP contribution is 2.12. The fourth-order valence-corrected chi connectivity index (χ4v) is 2.19. The van der Waals surface area contributed by atoms with Crippen LogP contribution in [-0.2, 0) is 4.79 Å². The first kappa shape index (κ1) is 18.4. The molecule has 0 bridgehead atoms. The van der Waals surface area contributed by atoms with E-state index in [1.165, 1.54) is 0 Å². The van der Waals surface area contributed by atoms with Gasteiger partial charge < -0.3 is 15.4 Å². The van der Waals surface area contributed by atoms with Crippen molar-refractivity contribution < 1.29 is 14.3 Å². The van der Waals surface area contributed by atoms with Crippen LogP contribution in [0.1, 0.15) is 24.2 Å². The second kappa shape index (κ2) is 9.35. The first-order chi connectivity index (χ1) is 10.5. The van der Waals surface area contributed by atoms with Gasteiger partial charge in [-0.25, -0.2) is 0 Å². The van der Waals surface area contributed by atoms with Gasteiger partial charge in [-0.2, -0.15) is 11.8 Å². The summed E-state index contributed by atoms with van der Waals surface area (Å²) in [6, 6.07) is 6.25. The molecule has 1 atom stereocenters. The van der Waals surface area contributed by atoms with Gasteiger partial charge in [-0.15, -0.1) is 0 Å². The van der Waals surface area contributed by atoms with E-state index in [-0.39, 0.29) is 17.7 Å². The summed E-state index contributed by atoms with van der Waals surface area (Å²) in [6.07, 6.45) is 1.98. The molecule has 0 aliphatic carbocycles. The number of carbonyl (C=O) groups excluding carboxylic acids is 2. The Morgan fingerprint density at radius 3 is 2.36 bits per heavy atom. The molecular formula is C16H24N2O3S. The van der Waals surface area contributed by atoms with Crippen LogP contribution in [-0.4, -0.2) is 43.5 Å². The van der Waals surface area contributed by atoms with Gasteiger partial charge in [0.2, 0.25) is 5.91 Å². The number of rotatable bonds is 8. The summed E-state index contributed by atoms with van der Waals surface area (Å²) in [5, 5.41) is 5.64. The second-order valence-corrected chi connectivity index (χ2v) is 6.19. The van der Waals surface area contributed by atoms with E-state index >= 15 is 0 Å². The average Bonchev–Trinajstić information content (AvgIpc) is 2.52. The van der Waals surface area contributed by atoms with E-state index in [4.69, 9.17) is 4.74 Å². The SMILES string of the molecule is COc1ccc(C(=O)NC(C(=O)NCCSC)C(C)C)cc1. The smallest absolute Gasteiger partial charge is 0.251 e. The molecule has 0 saturated heterocycles. The van der Waals surface area contributed by atoms with Crippen molar-refractivity contribution >= 4 is 23.6 Å². The minimum Gasteiger partial charge on any atom is -0.497 e. The van der Waals surface area contributed by atoms with Crippen LogP contribution in [0.4, 0.5) is 0 Å². The molecule has 0 saturated carbocycles. The topological polar surface area (TPSA) is 67.4 Å². The van der Waals surface area contributed by atoms with E-state index in [9.17, 15) is 9.59 Å². The lowest BCUT2D eigenvalue weighted by molar-refractivity contribution is -0.123. The van der Waals surface area contributed by atoms with Gasteiger partial charge in [0.15, 0.2) is 0 Å².